The molecule has 0 aliphatic rings. The number of hydrogen-bond acceptors (Lipinski definition) is 4. The number of nitrogens with zero attached hydrogens (tertiary/aromatic N) is 2. The zero-order chi connectivity index (χ0) is 20.1. The number of anilines is 1. The highest BCUT2D eigenvalue weighted by Crippen LogP contribution is 2.16. The minimum Gasteiger partial charge on any atom is -0.462 e. The monoisotopic (exact) mass is 379 g/mol. The predicted molar refractivity (Wildman–Crippen MR) is 109 cm³/mol. The molecule has 146 valence electrons. The van der Waals surface area contributed by atoms with Gasteiger partial charge in [-0.1, -0.05) is 26.3 Å². The van der Waals surface area contributed by atoms with Gasteiger partial charge in [-0.05, 0) is 50.1 Å². The lowest BCUT2D eigenvalue weighted by molar-refractivity contribution is 0.0499. The molecule has 2 aromatic heterocycles. The van der Waals surface area contributed by atoms with Crippen molar-refractivity contribution in [3.8, 4) is 0 Å². The minimum absolute atomic E-state index is 0.246. The second-order valence-corrected chi connectivity index (χ2v) is 6.67. The normalized spacial score (nSPS) is 10.8. The molecule has 0 fully saturated rings. The van der Waals surface area contributed by atoms with Crippen LogP contribution in [-0.4, -0.2) is 27.9 Å². The molecule has 3 rings (SSSR count). The van der Waals surface area contributed by atoms with Crippen molar-refractivity contribution < 1.29 is 14.3 Å². The molecule has 0 unspecified atom stereocenters. The van der Waals surface area contributed by atoms with Gasteiger partial charge in [-0.15, -0.1) is 0 Å². The fraction of sp³-hybridized carbons (Fsp3) is 0.318. The van der Waals surface area contributed by atoms with Gasteiger partial charge >= 0.3 is 5.97 Å². The Labute approximate surface area is 164 Å². The third kappa shape index (κ3) is 4.22. The van der Waals surface area contributed by atoms with Gasteiger partial charge in [0.05, 0.1) is 23.4 Å². The summed E-state index contributed by atoms with van der Waals surface area (Å²) in [6.07, 6.45) is 4.42. The second kappa shape index (κ2) is 8.69. The van der Waals surface area contributed by atoms with Crippen LogP contribution in [0.5, 0.6) is 0 Å². The van der Waals surface area contributed by atoms with Gasteiger partial charge < -0.3 is 14.5 Å². The van der Waals surface area contributed by atoms with E-state index in [4.69, 9.17) is 4.74 Å². The van der Waals surface area contributed by atoms with Crippen molar-refractivity contribution in [2.24, 2.45) is 0 Å². The largest absolute Gasteiger partial charge is 0.462 e. The Hall–Kier alpha value is -3.15. The number of esters is 1. The van der Waals surface area contributed by atoms with E-state index in [-0.39, 0.29) is 11.9 Å². The number of amides is 1. The number of rotatable bonds is 7. The number of ether oxygens (including phenoxy) is 1. The molecule has 0 saturated heterocycles. The molecule has 3 aromatic rings. The Balaban J connectivity index is 1.76. The van der Waals surface area contributed by atoms with E-state index < -0.39 is 0 Å². The van der Waals surface area contributed by atoms with Crippen LogP contribution >= 0.6 is 0 Å². The SMILES string of the molecule is CCCCOC(=O)c1cccc(NC(=O)c2ccc3nc(CC)c(C)n3c2)c1. The third-order valence-corrected chi connectivity index (χ3v) is 4.64. The van der Waals surface area contributed by atoms with Crippen molar-refractivity contribution in [2.45, 2.75) is 40.0 Å². The average Bonchev–Trinajstić information content (AvgIpc) is 3.03. The maximum atomic E-state index is 12.7. The summed E-state index contributed by atoms with van der Waals surface area (Å²) in [5, 5.41) is 2.85. The molecule has 0 aliphatic carbocycles. The minimum atomic E-state index is -0.382. The van der Waals surface area contributed by atoms with Crippen LogP contribution < -0.4 is 5.32 Å². The first-order valence-corrected chi connectivity index (χ1v) is 9.59. The van der Waals surface area contributed by atoms with E-state index in [0.717, 1.165) is 36.3 Å². The molecule has 0 radical (unpaired) electrons. The van der Waals surface area contributed by atoms with Crippen LogP contribution in [-0.2, 0) is 11.2 Å². The third-order valence-electron chi connectivity index (χ3n) is 4.64. The van der Waals surface area contributed by atoms with Crippen LogP contribution in [0, 0.1) is 6.92 Å². The molecule has 1 N–H and O–H groups in total. The fourth-order valence-electron chi connectivity index (χ4n) is 3.00. The Morgan fingerprint density at radius 2 is 1.96 bits per heavy atom. The van der Waals surface area contributed by atoms with Crippen LogP contribution in [0.1, 0.15) is 58.8 Å². The summed E-state index contributed by atoms with van der Waals surface area (Å²) < 4.78 is 7.15. The molecule has 2 heterocycles. The quantitative estimate of drug-likeness (QED) is 0.487. The Kier molecular flexibility index (Phi) is 6.09. The molecule has 6 heteroatoms. The number of nitrogens with one attached hydrogen (secondary N) is 1. The Morgan fingerprint density at radius 3 is 2.71 bits per heavy atom. The smallest absolute Gasteiger partial charge is 0.338 e. The molecular formula is C22H25N3O3. The van der Waals surface area contributed by atoms with Gasteiger partial charge in [-0.2, -0.15) is 0 Å². The molecular weight excluding hydrogens is 354 g/mol. The number of carbonyl (C=O) groups is 2. The maximum Gasteiger partial charge on any atom is 0.338 e. The van der Waals surface area contributed by atoms with Crippen molar-refractivity contribution in [3.05, 3.63) is 65.1 Å². The van der Waals surface area contributed by atoms with Crippen molar-refractivity contribution in [2.75, 3.05) is 11.9 Å². The molecule has 1 amide bonds. The van der Waals surface area contributed by atoms with Crippen LogP contribution in [0.4, 0.5) is 5.69 Å². The molecule has 0 atom stereocenters. The first-order chi connectivity index (χ1) is 13.5. The highest BCUT2D eigenvalue weighted by molar-refractivity contribution is 6.04. The summed E-state index contributed by atoms with van der Waals surface area (Å²) in [5.74, 6) is -0.628. The maximum absolute atomic E-state index is 12.7. The van der Waals surface area contributed by atoms with Crippen LogP contribution in [0.25, 0.3) is 5.65 Å². The summed E-state index contributed by atoms with van der Waals surface area (Å²) in [5.41, 5.74) is 4.36. The first-order valence-electron chi connectivity index (χ1n) is 9.59. The van der Waals surface area contributed by atoms with E-state index in [1.54, 1.807) is 36.5 Å². The zero-order valence-corrected chi connectivity index (χ0v) is 16.5. The highest BCUT2D eigenvalue weighted by atomic mass is 16.5. The van der Waals surface area contributed by atoms with Gasteiger partial charge in [-0.25, -0.2) is 9.78 Å². The highest BCUT2D eigenvalue weighted by Gasteiger charge is 2.13. The molecule has 28 heavy (non-hydrogen) atoms. The van der Waals surface area contributed by atoms with E-state index >= 15 is 0 Å². The predicted octanol–water partition coefficient (Wildman–Crippen LogP) is 4.41. The average molecular weight is 379 g/mol. The van der Waals surface area contributed by atoms with E-state index in [1.807, 2.05) is 24.3 Å². The Bertz CT molecular complexity index is 1010. The summed E-state index contributed by atoms with van der Waals surface area (Å²) in [4.78, 5) is 29.3. The van der Waals surface area contributed by atoms with Gasteiger partial charge in [0.1, 0.15) is 5.65 Å². The van der Waals surface area contributed by atoms with Crippen LogP contribution in [0.2, 0.25) is 0 Å². The molecule has 1 aromatic carbocycles. The van der Waals surface area contributed by atoms with Gasteiger partial charge in [0, 0.05) is 17.6 Å². The van der Waals surface area contributed by atoms with E-state index in [9.17, 15) is 9.59 Å². The zero-order valence-electron chi connectivity index (χ0n) is 16.5. The molecule has 0 aliphatic heterocycles. The van der Waals surface area contributed by atoms with E-state index in [2.05, 4.69) is 17.2 Å². The van der Waals surface area contributed by atoms with E-state index in [0.29, 0.717) is 23.4 Å². The second-order valence-electron chi connectivity index (χ2n) is 6.67. The lowest BCUT2D eigenvalue weighted by Crippen LogP contribution is -2.13. The number of pyridine rings is 1. The van der Waals surface area contributed by atoms with Crippen LogP contribution in [0.15, 0.2) is 42.6 Å². The van der Waals surface area contributed by atoms with Crippen molar-refractivity contribution in [1.29, 1.82) is 0 Å². The molecule has 0 bridgehead atoms. The summed E-state index contributed by atoms with van der Waals surface area (Å²) in [7, 11) is 0. The van der Waals surface area contributed by atoms with Gasteiger partial charge in [0.2, 0.25) is 0 Å². The van der Waals surface area contributed by atoms with Crippen molar-refractivity contribution in [3.63, 3.8) is 0 Å². The number of benzene rings is 1. The molecule has 0 saturated carbocycles. The number of unbranched alkanes of at least 4 members (excludes halogenated alkanes) is 1. The van der Waals surface area contributed by atoms with Gasteiger partial charge in [0.15, 0.2) is 0 Å². The molecule has 0 spiro atoms. The first kappa shape index (κ1) is 19.6. The fourth-order valence-corrected chi connectivity index (χ4v) is 3.00. The lowest BCUT2D eigenvalue weighted by Gasteiger charge is -2.08. The number of hydrogen-bond donors (Lipinski definition) is 1. The summed E-state index contributed by atoms with van der Waals surface area (Å²) in [6, 6.07) is 10.4. The number of carbonyl (C=O) groups excluding carboxylic acids is 2. The van der Waals surface area contributed by atoms with Gasteiger partial charge in [0.25, 0.3) is 5.91 Å². The number of fused-ring (bicyclic) bond motifs is 1. The summed E-state index contributed by atoms with van der Waals surface area (Å²) >= 11 is 0. The van der Waals surface area contributed by atoms with E-state index in [1.165, 1.54) is 0 Å². The van der Waals surface area contributed by atoms with Gasteiger partial charge in [-0.3, -0.25) is 4.79 Å². The molecule has 6 nitrogen and oxygen atoms in total. The number of aryl methyl sites for hydroxylation is 2. The Morgan fingerprint density at radius 1 is 1.14 bits per heavy atom. The van der Waals surface area contributed by atoms with Crippen molar-refractivity contribution >= 4 is 23.2 Å². The lowest BCUT2D eigenvalue weighted by atomic mass is 10.2. The van der Waals surface area contributed by atoms with Crippen LogP contribution in [0.3, 0.4) is 0 Å². The standard InChI is InChI=1S/C22H25N3O3/c1-4-6-12-28-22(27)16-8-7-9-18(13-16)23-21(26)17-10-11-20-24-19(5-2)15(3)25(20)14-17/h7-11,13-14H,4-6,12H2,1-3H3,(H,23,26). The topological polar surface area (TPSA) is 72.7 Å². The number of aromatic nitrogens is 2. The number of imidazole rings is 1. The van der Waals surface area contributed by atoms with Crippen molar-refractivity contribution in [1.82, 2.24) is 9.38 Å². The summed E-state index contributed by atoms with van der Waals surface area (Å²) in [6.45, 7) is 6.49.